The van der Waals surface area contributed by atoms with Gasteiger partial charge in [-0.2, -0.15) is 5.26 Å². The van der Waals surface area contributed by atoms with Crippen LogP contribution in [0.4, 0.5) is 5.69 Å². The molecule has 13 heteroatoms. The normalized spacial score (nSPS) is 22.9. The highest BCUT2D eigenvalue weighted by Gasteiger charge is 2.66. The number of methoxy groups -OCH3 is 2. The second-order valence-corrected chi connectivity index (χ2v) is 15.0. The van der Waals surface area contributed by atoms with E-state index in [0.29, 0.717) is 53.9 Å². The third kappa shape index (κ3) is 4.92. The van der Waals surface area contributed by atoms with E-state index in [1.807, 2.05) is 6.92 Å². The smallest absolute Gasteiger partial charge is 0.272 e. The number of fused-ring (bicyclic) bond motifs is 1. The molecule has 0 aliphatic carbocycles. The summed E-state index contributed by atoms with van der Waals surface area (Å²) < 4.78 is 46.7. The summed E-state index contributed by atoms with van der Waals surface area (Å²) in [5.74, 6) is 0.506. The number of carbonyl (C=O) groups is 1. The number of nitrogens with zero attached hydrogens (tertiary/aromatic N) is 6. The number of benzene rings is 2. The van der Waals surface area contributed by atoms with E-state index in [0.717, 1.165) is 43.3 Å². The van der Waals surface area contributed by atoms with Gasteiger partial charge in [-0.25, -0.2) is 17.7 Å². The number of ether oxygens (including phenoxy) is 3. The number of hydrogen-bond donors (Lipinski definition) is 0. The summed E-state index contributed by atoms with van der Waals surface area (Å²) >= 11 is 0. The molecular weight excluding hydrogens is 632 g/mol. The third-order valence-corrected chi connectivity index (χ3v) is 12.0. The number of rotatable bonds is 9. The Balaban J connectivity index is 1.36. The van der Waals surface area contributed by atoms with Gasteiger partial charge in [-0.3, -0.25) is 14.6 Å². The molecule has 12 nitrogen and oxygen atoms in total. The van der Waals surface area contributed by atoms with Gasteiger partial charge in [0.1, 0.15) is 16.4 Å². The third-order valence-electron chi connectivity index (χ3n) is 10.4. The minimum atomic E-state index is -4.46. The summed E-state index contributed by atoms with van der Waals surface area (Å²) in [5.41, 5.74) is -0.274. The van der Waals surface area contributed by atoms with Crippen molar-refractivity contribution in [3.8, 4) is 23.4 Å². The Hall–Kier alpha value is -4.22. The van der Waals surface area contributed by atoms with E-state index < -0.39 is 21.5 Å². The average Bonchev–Trinajstić information content (AvgIpc) is 3.32. The van der Waals surface area contributed by atoms with Gasteiger partial charge in [0, 0.05) is 54.8 Å². The van der Waals surface area contributed by atoms with Gasteiger partial charge in [0.15, 0.2) is 5.54 Å². The van der Waals surface area contributed by atoms with Crippen molar-refractivity contribution in [2.45, 2.75) is 36.2 Å². The van der Waals surface area contributed by atoms with E-state index in [4.69, 9.17) is 14.2 Å². The molecule has 0 bridgehead atoms. The van der Waals surface area contributed by atoms with Crippen LogP contribution < -0.4 is 18.5 Å². The standard InChI is InChI=1S/C35H40N6O6S/c1-5-47-31-10-7-26(45-3)17-29(31)35(40-22-34(23-40)20-39(21-34)25-12-14-38(2)15-13-25)28-16-24(18-36)6-9-30(28)41(33(35)42)48(43,44)27-8-11-32(46-4)37-19-27/h6-11,16-17,19,25H,5,12-15,20-23H2,1-4H3/t35-/m1/s1. The predicted molar refractivity (Wildman–Crippen MR) is 178 cm³/mol. The molecule has 5 heterocycles. The quantitative estimate of drug-likeness (QED) is 0.333. The van der Waals surface area contributed by atoms with Gasteiger partial charge < -0.3 is 19.1 Å². The van der Waals surface area contributed by atoms with Crippen molar-refractivity contribution in [1.29, 1.82) is 5.26 Å². The fraction of sp³-hybridized carbons (Fsp3) is 0.457. The van der Waals surface area contributed by atoms with E-state index >= 15 is 4.79 Å². The number of hydrogen-bond acceptors (Lipinski definition) is 11. The van der Waals surface area contributed by atoms with Crippen LogP contribution in [0, 0.1) is 16.7 Å². The first-order valence-electron chi connectivity index (χ1n) is 16.2. The molecule has 0 radical (unpaired) electrons. The van der Waals surface area contributed by atoms with Crippen molar-refractivity contribution < 1.29 is 27.4 Å². The Morgan fingerprint density at radius 3 is 2.35 bits per heavy atom. The first-order valence-corrected chi connectivity index (χ1v) is 17.7. The highest BCUT2D eigenvalue weighted by Crippen LogP contribution is 2.58. The number of aromatic nitrogens is 1. The maximum absolute atomic E-state index is 15.3. The number of carbonyl (C=O) groups excluding carboxylic acids is 1. The van der Waals surface area contributed by atoms with E-state index in [9.17, 15) is 13.7 Å². The van der Waals surface area contributed by atoms with Crippen LogP contribution in [0.15, 0.2) is 59.6 Å². The molecule has 0 N–H and O–H groups in total. The SMILES string of the molecule is CCOc1ccc(OC)cc1[C@@]1(N2CC3(CN(C4CCN(C)CC4)C3)C2)C(=O)N(S(=O)(=O)c2ccc(OC)nc2)c2ccc(C#N)cc21. The van der Waals surface area contributed by atoms with Gasteiger partial charge in [0.25, 0.3) is 15.9 Å². The van der Waals surface area contributed by atoms with Crippen molar-refractivity contribution in [2.75, 3.05) is 71.4 Å². The Bertz CT molecular complexity index is 1870. The maximum Gasteiger partial charge on any atom is 0.272 e. The lowest BCUT2D eigenvalue weighted by Gasteiger charge is -2.65. The van der Waals surface area contributed by atoms with Crippen LogP contribution in [0.1, 0.15) is 36.5 Å². The van der Waals surface area contributed by atoms with E-state index in [1.54, 1.807) is 37.4 Å². The van der Waals surface area contributed by atoms with Crippen LogP contribution in [-0.2, 0) is 20.4 Å². The first-order chi connectivity index (χ1) is 23.1. The summed E-state index contributed by atoms with van der Waals surface area (Å²) in [6.07, 6.45) is 3.46. The molecule has 0 saturated carbocycles. The number of nitriles is 1. The summed E-state index contributed by atoms with van der Waals surface area (Å²) in [6, 6.07) is 15.6. The number of pyridine rings is 1. The lowest BCUT2D eigenvalue weighted by molar-refractivity contribution is -0.169. The second-order valence-electron chi connectivity index (χ2n) is 13.3. The van der Waals surface area contributed by atoms with E-state index in [1.165, 1.54) is 31.5 Å². The van der Waals surface area contributed by atoms with Crippen molar-refractivity contribution >= 4 is 21.6 Å². The Morgan fingerprint density at radius 1 is 0.979 bits per heavy atom. The Morgan fingerprint density at radius 2 is 1.73 bits per heavy atom. The molecule has 4 aliphatic rings. The summed E-state index contributed by atoms with van der Waals surface area (Å²) in [4.78, 5) is 26.3. The topological polar surface area (TPSA) is 129 Å². The summed E-state index contributed by atoms with van der Waals surface area (Å²) in [5, 5.41) is 10.0. The minimum absolute atomic E-state index is 0.0273. The molecule has 1 aromatic heterocycles. The van der Waals surface area contributed by atoms with Gasteiger partial charge in [-0.05, 0) is 82.4 Å². The molecule has 48 heavy (non-hydrogen) atoms. The molecule has 1 amide bonds. The van der Waals surface area contributed by atoms with Gasteiger partial charge in [-0.1, -0.05) is 0 Å². The lowest BCUT2D eigenvalue weighted by Crippen LogP contribution is -2.77. The van der Waals surface area contributed by atoms with Gasteiger partial charge >= 0.3 is 0 Å². The van der Waals surface area contributed by atoms with Gasteiger partial charge in [-0.15, -0.1) is 0 Å². The van der Waals surface area contributed by atoms with Crippen LogP contribution in [0.2, 0.25) is 0 Å². The van der Waals surface area contributed by atoms with Crippen molar-refractivity contribution in [2.24, 2.45) is 5.41 Å². The zero-order chi connectivity index (χ0) is 33.8. The molecule has 4 aliphatic heterocycles. The van der Waals surface area contributed by atoms with E-state index in [-0.39, 0.29) is 21.9 Å². The molecule has 252 valence electrons. The zero-order valence-corrected chi connectivity index (χ0v) is 28.5. The van der Waals surface area contributed by atoms with Gasteiger partial charge in [0.05, 0.1) is 44.3 Å². The van der Waals surface area contributed by atoms with Crippen molar-refractivity contribution in [3.05, 3.63) is 71.4 Å². The number of amides is 1. The van der Waals surface area contributed by atoms with Crippen LogP contribution >= 0.6 is 0 Å². The molecule has 1 spiro atoms. The monoisotopic (exact) mass is 672 g/mol. The Kier molecular flexibility index (Phi) is 8.10. The fourth-order valence-corrected chi connectivity index (χ4v) is 9.40. The average molecular weight is 673 g/mol. The van der Waals surface area contributed by atoms with Gasteiger partial charge in [0.2, 0.25) is 5.88 Å². The largest absolute Gasteiger partial charge is 0.497 e. The van der Waals surface area contributed by atoms with Crippen LogP contribution in [-0.4, -0.2) is 107 Å². The minimum Gasteiger partial charge on any atom is -0.497 e. The highest BCUT2D eigenvalue weighted by atomic mass is 32.2. The highest BCUT2D eigenvalue weighted by molar-refractivity contribution is 7.93. The predicted octanol–water partition coefficient (Wildman–Crippen LogP) is 3.06. The second kappa shape index (κ2) is 12.0. The molecule has 3 saturated heterocycles. The first kappa shape index (κ1) is 32.3. The Labute approximate surface area is 281 Å². The fourth-order valence-electron chi connectivity index (χ4n) is 8.00. The lowest BCUT2D eigenvalue weighted by atomic mass is 9.67. The number of anilines is 1. The molecular formula is C35H40N6O6S. The molecule has 3 aromatic rings. The van der Waals surface area contributed by atoms with Crippen LogP contribution in [0.5, 0.6) is 17.4 Å². The number of piperidine rings is 1. The number of likely N-dealkylation sites (tertiary alicyclic amines) is 3. The van der Waals surface area contributed by atoms with Crippen LogP contribution in [0.3, 0.4) is 0 Å². The van der Waals surface area contributed by atoms with Crippen LogP contribution in [0.25, 0.3) is 0 Å². The molecule has 2 aromatic carbocycles. The van der Waals surface area contributed by atoms with Crippen molar-refractivity contribution in [3.63, 3.8) is 0 Å². The zero-order valence-electron chi connectivity index (χ0n) is 27.7. The molecule has 7 rings (SSSR count). The molecule has 0 unspecified atom stereocenters. The maximum atomic E-state index is 15.3. The summed E-state index contributed by atoms with van der Waals surface area (Å²) in [6.45, 7) is 7.32. The van der Waals surface area contributed by atoms with E-state index in [2.05, 4.69) is 32.8 Å². The van der Waals surface area contributed by atoms with Crippen molar-refractivity contribution in [1.82, 2.24) is 19.7 Å². The summed E-state index contributed by atoms with van der Waals surface area (Å²) in [7, 11) is 0.687. The molecule has 1 atom stereocenters. The number of sulfonamides is 1. The molecule has 3 fully saturated rings.